The van der Waals surface area contributed by atoms with Gasteiger partial charge in [0.05, 0.1) is 12.2 Å². The van der Waals surface area contributed by atoms with Crippen molar-refractivity contribution in [3.05, 3.63) is 59.9 Å². The monoisotopic (exact) mass is 492 g/mol. The summed E-state index contributed by atoms with van der Waals surface area (Å²) in [4.78, 5) is 42.2. The van der Waals surface area contributed by atoms with Crippen molar-refractivity contribution in [2.75, 3.05) is 25.5 Å². The van der Waals surface area contributed by atoms with Crippen LogP contribution < -0.4 is 5.32 Å². The van der Waals surface area contributed by atoms with E-state index in [1.165, 1.54) is 0 Å². The molecule has 1 saturated carbocycles. The number of rotatable bonds is 4. The van der Waals surface area contributed by atoms with Crippen molar-refractivity contribution < 1.29 is 32.7 Å². The number of hydrogen-bond acceptors (Lipinski definition) is 4. The van der Waals surface area contributed by atoms with Gasteiger partial charge in [-0.15, -0.1) is 0 Å². The fourth-order valence-electron chi connectivity index (χ4n) is 4.14. The van der Waals surface area contributed by atoms with Crippen molar-refractivity contribution in [1.29, 1.82) is 0 Å². The van der Waals surface area contributed by atoms with Crippen LogP contribution in [0.1, 0.15) is 24.1 Å². The summed E-state index contributed by atoms with van der Waals surface area (Å²) < 4.78 is 31.7. The van der Waals surface area contributed by atoms with Gasteiger partial charge in [0.1, 0.15) is 0 Å². The molecule has 188 valence electrons. The third-order valence-electron chi connectivity index (χ3n) is 6.21. The van der Waals surface area contributed by atoms with E-state index in [0.29, 0.717) is 19.6 Å². The fourth-order valence-corrected chi connectivity index (χ4v) is 4.14. The first-order valence-corrected chi connectivity index (χ1v) is 11.0. The summed E-state index contributed by atoms with van der Waals surface area (Å²) in [6.45, 7) is 3.89. The van der Waals surface area contributed by atoms with Crippen molar-refractivity contribution in [3.63, 3.8) is 0 Å². The molecule has 2 heterocycles. The van der Waals surface area contributed by atoms with E-state index in [0.717, 1.165) is 29.8 Å². The summed E-state index contributed by atoms with van der Waals surface area (Å²) in [5.74, 6) is -2.59. The highest BCUT2D eigenvalue weighted by molar-refractivity contribution is 5.90. The molecule has 1 aromatic heterocycles. The molecule has 0 radical (unpaired) electrons. The molecule has 2 aromatic rings. The van der Waals surface area contributed by atoms with Gasteiger partial charge in [-0.1, -0.05) is 23.8 Å². The number of carbonyl (C=O) groups excluding carboxylic acids is 2. The Morgan fingerprint density at radius 1 is 1.20 bits per heavy atom. The lowest BCUT2D eigenvalue weighted by molar-refractivity contribution is -0.192. The third-order valence-corrected chi connectivity index (χ3v) is 6.21. The lowest BCUT2D eigenvalue weighted by Crippen LogP contribution is -2.34. The van der Waals surface area contributed by atoms with Gasteiger partial charge in [0.15, 0.2) is 0 Å². The number of likely N-dealkylation sites (tertiary alicyclic amines) is 1. The van der Waals surface area contributed by atoms with Crippen molar-refractivity contribution in [3.8, 4) is 0 Å². The molecular weight excluding hydrogens is 465 g/mol. The predicted octanol–water partition coefficient (Wildman–Crippen LogP) is 3.93. The molecule has 2 fully saturated rings. The molecule has 2 unspecified atom stereocenters. The second-order valence-electron chi connectivity index (χ2n) is 8.91. The summed E-state index contributed by atoms with van der Waals surface area (Å²) in [7, 11) is 1.83. The smallest absolute Gasteiger partial charge is 0.475 e. The molecule has 4 rings (SSSR count). The number of amides is 3. The van der Waals surface area contributed by atoms with Crippen LogP contribution in [-0.4, -0.2) is 64.1 Å². The standard InChI is InChI=1S/C22H26N4O2.C2HF3O2/c1-16-6-8-17(9-7-16)24-21(28)26-12-10-22(15-26)13-19(22)20(27)25(2)14-18-5-3-4-11-23-18;3-2(4,5)1(6)7/h3-9,11,19H,10,12-15H2,1-2H3,(H,24,28);(H,6,7). The molecule has 35 heavy (non-hydrogen) atoms. The van der Waals surface area contributed by atoms with Gasteiger partial charge < -0.3 is 20.2 Å². The number of pyridine rings is 1. The van der Waals surface area contributed by atoms with Gasteiger partial charge in [-0.25, -0.2) is 9.59 Å². The van der Waals surface area contributed by atoms with Crippen LogP contribution in [0.4, 0.5) is 23.7 Å². The van der Waals surface area contributed by atoms with Gasteiger partial charge in [-0.3, -0.25) is 9.78 Å². The van der Waals surface area contributed by atoms with Crippen LogP contribution in [0, 0.1) is 18.3 Å². The molecule has 2 aliphatic rings. The summed E-state index contributed by atoms with van der Waals surface area (Å²) in [5, 5.41) is 10.1. The third kappa shape index (κ3) is 6.71. The van der Waals surface area contributed by atoms with E-state index in [1.807, 2.05) is 61.3 Å². The first-order chi connectivity index (χ1) is 16.4. The maximum Gasteiger partial charge on any atom is 0.490 e. The van der Waals surface area contributed by atoms with E-state index in [4.69, 9.17) is 9.90 Å². The van der Waals surface area contributed by atoms with Crippen LogP contribution in [0.3, 0.4) is 0 Å². The molecular formula is C24H27F3N4O4. The van der Waals surface area contributed by atoms with Gasteiger partial charge in [-0.05, 0) is 44.0 Å². The quantitative estimate of drug-likeness (QED) is 0.674. The van der Waals surface area contributed by atoms with Crippen molar-refractivity contribution >= 4 is 23.6 Å². The lowest BCUT2D eigenvalue weighted by atomic mass is 10.0. The Bertz CT molecular complexity index is 1060. The number of aromatic nitrogens is 1. The number of hydrogen-bond donors (Lipinski definition) is 2. The number of carboxylic acids is 1. The number of aryl methyl sites for hydroxylation is 1. The summed E-state index contributed by atoms with van der Waals surface area (Å²) in [6.07, 6.45) is -1.58. The van der Waals surface area contributed by atoms with E-state index >= 15 is 0 Å². The molecule has 3 amide bonds. The lowest BCUT2D eigenvalue weighted by Gasteiger charge is -2.20. The molecule has 8 nitrogen and oxygen atoms in total. The molecule has 1 saturated heterocycles. The topological polar surface area (TPSA) is 103 Å². The number of urea groups is 1. The summed E-state index contributed by atoms with van der Waals surface area (Å²) >= 11 is 0. The number of carbonyl (C=O) groups is 3. The maximum absolute atomic E-state index is 12.8. The number of anilines is 1. The molecule has 2 atom stereocenters. The van der Waals surface area contributed by atoms with Crippen molar-refractivity contribution in [2.45, 2.75) is 32.5 Å². The SMILES string of the molecule is Cc1ccc(NC(=O)N2CCC3(CC3C(=O)N(C)Cc3ccccn3)C2)cc1.O=C(O)C(F)(F)F. The fraction of sp³-hybridized carbons (Fsp3) is 0.417. The molecule has 1 aliphatic carbocycles. The molecule has 1 spiro atoms. The van der Waals surface area contributed by atoms with Gasteiger partial charge in [0, 0.05) is 43.4 Å². The van der Waals surface area contributed by atoms with E-state index in [-0.39, 0.29) is 23.3 Å². The number of aliphatic carboxylic acids is 1. The van der Waals surface area contributed by atoms with Crippen LogP contribution in [-0.2, 0) is 16.1 Å². The van der Waals surface area contributed by atoms with E-state index in [1.54, 1.807) is 11.1 Å². The average molecular weight is 492 g/mol. The number of nitrogens with zero attached hydrogens (tertiary/aromatic N) is 3. The van der Waals surface area contributed by atoms with Crippen molar-refractivity contribution in [2.24, 2.45) is 11.3 Å². The number of nitrogens with one attached hydrogen (secondary N) is 1. The van der Waals surface area contributed by atoms with E-state index in [9.17, 15) is 22.8 Å². The first kappa shape index (κ1) is 26.0. The van der Waals surface area contributed by atoms with Crippen LogP contribution >= 0.6 is 0 Å². The Hall–Kier alpha value is -3.63. The minimum atomic E-state index is -5.08. The first-order valence-electron chi connectivity index (χ1n) is 11.0. The normalized spacial score (nSPS) is 20.6. The van der Waals surface area contributed by atoms with Crippen molar-refractivity contribution in [1.82, 2.24) is 14.8 Å². The number of alkyl halides is 3. The molecule has 1 aromatic carbocycles. The Morgan fingerprint density at radius 3 is 2.43 bits per heavy atom. The van der Waals surface area contributed by atoms with Crippen LogP contribution in [0.25, 0.3) is 0 Å². The number of halogens is 3. The highest BCUT2D eigenvalue weighted by Gasteiger charge is 2.61. The second kappa shape index (κ2) is 10.3. The predicted molar refractivity (Wildman–Crippen MR) is 121 cm³/mol. The largest absolute Gasteiger partial charge is 0.490 e. The Balaban J connectivity index is 0.000000429. The minimum absolute atomic E-state index is 0.0124. The molecule has 1 aliphatic heterocycles. The Kier molecular flexibility index (Phi) is 7.67. The van der Waals surface area contributed by atoms with Crippen LogP contribution in [0.5, 0.6) is 0 Å². The highest BCUT2D eigenvalue weighted by atomic mass is 19.4. The maximum atomic E-state index is 12.8. The Morgan fingerprint density at radius 2 is 1.86 bits per heavy atom. The Labute approximate surface area is 200 Å². The summed E-state index contributed by atoms with van der Waals surface area (Å²) in [5.41, 5.74) is 2.81. The average Bonchev–Trinajstić information content (AvgIpc) is 3.33. The second-order valence-corrected chi connectivity index (χ2v) is 8.91. The number of carboxylic acid groups (broad SMARTS) is 1. The van der Waals surface area contributed by atoms with Crippen LogP contribution in [0.2, 0.25) is 0 Å². The zero-order chi connectivity index (χ0) is 25.8. The highest BCUT2D eigenvalue weighted by Crippen LogP contribution is 2.59. The summed E-state index contributed by atoms with van der Waals surface area (Å²) in [6, 6.07) is 13.4. The van der Waals surface area contributed by atoms with Gasteiger partial charge in [-0.2, -0.15) is 13.2 Å². The zero-order valence-corrected chi connectivity index (χ0v) is 19.4. The van der Waals surface area contributed by atoms with E-state index < -0.39 is 12.1 Å². The number of benzene rings is 1. The van der Waals surface area contributed by atoms with Crippen LogP contribution in [0.15, 0.2) is 48.7 Å². The zero-order valence-electron chi connectivity index (χ0n) is 19.4. The minimum Gasteiger partial charge on any atom is -0.475 e. The van der Waals surface area contributed by atoms with E-state index in [2.05, 4.69) is 10.3 Å². The molecule has 0 bridgehead atoms. The van der Waals surface area contributed by atoms with Gasteiger partial charge in [0.25, 0.3) is 0 Å². The van der Waals surface area contributed by atoms with Gasteiger partial charge >= 0.3 is 18.2 Å². The van der Waals surface area contributed by atoms with Gasteiger partial charge in [0.2, 0.25) is 5.91 Å². The molecule has 11 heteroatoms. The molecule has 2 N–H and O–H groups in total.